The summed E-state index contributed by atoms with van der Waals surface area (Å²) in [6.45, 7) is 5.05. The second kappa shape index (κ2) is 5.31. The second-order valence-corrected chi connectivity index (χ2v) is 5.33. The zero-order valence-electron chi connectivity index (χ0n) is 10.4. The Kier molecular flexibility index (Phi) is 4.31. The van der Waals surface area contributed by atoms with Crippen LogP contribution in [0.2, 0.25) is 0 Å². The zero-order valence-corrected chi connectivity index (χ0v) is 10.4. The third kappa shape index (κ3) is 5.13. The highest BCUT2D eigenvalue weighted by atomic mass is 16.2. The van der Waals surface area contributed by atoms with Gasteiger partial charge in [0.1, 0.15) is 0 Å². The van der Waals surface area contributed by atoms with Gasteiger partial charge in [0, 0.05) is 6.04 Å². The molecule has 0 spiro atoms. The summed E-state index contributed by atoms with van der Waals surface area (Å²) < 4.78 is 0. The monoisotopic (exact) mass is 223 g/mol. The van der Waals surface area contributed by atoms with E-state index in [4.69, 9.17) is 5.26 Å². The number of hydrogen-bond donors (Lipinski definition) is 1. The quantitative estimate of drug-likeness (QED) is 0.734. The first-order valence-electron chi connectivity index (χ1n) is 5.82. The number of rotatable bonds is 6. The van der Waals surface area contributed by atoms with Crippen LogP contribution in [0.4, 0.5) is 0 Å². The molecule has 0 atom stereocenters. The van der Waals surface area contributed by atoms with Gasteiger partial charge in [0.2, 0.25) is 5.91 Å². The van der Waals surface area contributed by atoms with E-state index in [1.54, 1.807) is 0 Å². The Morgan fingerprint density at radius 1 is 1.56 bits per heavy atom. The maximum atomic E-state index is 11.5. The van der Waals surface area contributed by atoms with E-state index >= 15 is 0 Å². The predicted molar refractivity (Wildman–Crippen MR) is 62.7 cm³/mol. The van der Waals surface area contributed by atoms with E-state index in [1.807, 2.05) is 25.8 Å². The molecule has 1 saturated carbocycles. The van der Waals surface area contributed by atoms with Crippen molar-refractivity contribution in [2.45, 2.75) is 39.2 Å². The number of nitriles is 1. The van der Waals surface area contributed by atoms with E-state index in [9.17, 15) is 4.79 Å². The van der Waals surface area contributed by atoms with Crippen LogP contribution in [0.3, 0.4) is 0 Å². The van der Waals surface area contributed by atoms with E-state index < -0.39 is 0 Å². The van der Waals surface area contributed by atoms with E-state index in [0.29, 0.717) is 12.6 Å². The molecule has 0 saturated heterocycles. The minimum Gasteiger partial charge on any atom is -0.352 e. The van der Waals surface area contributed by atoms with Crippen molar-refractivity contribution in [1.82, 2.24) is 10.2 Å². The van der Waals surface area contributed by atoms with Crippen LogP contribution in [0.5, 0.6) is 0 Å². The molecule has 0 aromatic heterocycles. The molecule has 16 heavy (non-hydrogen) atoms. The molecule has 1 rings (SSSR count). The van der Waals surface area contributed by atoms with E-state index in [2.05, 4.69) is 11.4 Å². The maximum absolute atomic E-state index is 11.5. The Balaban J connectivity index is 2.17. The molecule has 4 nitrogen and oxygen atoms in total. The van der Waals surface area contributed by atoms with Crippen LogP contribution in [0.1, 0.15) is 33.1 Å². The van der Waals surface area contributed by atoms with Gasteiger partial charge in [-0.15, -0.1) is 0 Å². The van der Waals surface area contributed by atoms with Gasteiger partial charge in [-0.3, -0.25) is 9.69 Å². The third-order valence-corrected chi connectivity index (χ3v) is 2.78. The molecular formula is C12H21N3O. The van der Waals surface area contributed by atoms with Gasteiger partial charge in [0.05, 0.1) is 18.0 Å². The first-order valence-corrected chi connectivity index (χ1v) is 5.82. The van der Waals surface area contributed by atoms with Gasteiger partial charge in [-0.2, -0.15) is 5.26 Å². The molecule has 0 aromatic carbocycles. The Bertz CT molecular complexity index is 289. The fraction of sp³-hybridized carbons (Fsp3) is 0.833. The number of nitrogens with zero attached hydrogens (tertiary/aromatic N) is 2. The number of carbonyl (C=O) groups excluding carboxylic acids is 1. The van der Waals surface area contributed by atoms with Crippen molar-refractivity contribution in [2.24, 2.45) is 5.41 Å². The fourth-order valence-corrected chi connectivity index (χ4v) is 1.35. The Morgan fingerprint density at radius 2 is 2.19 bits per heavy atom. The van der Waals surface area contributed by atoms with E-state index in [-0.39, 0.29) is 11.3 Å². The van der Waals surface area contributed by atoms with Gasteiger partial charge < -0.3 is 5.32 Å². The summed E-state index contributed by atoms with van der Waals surface area (Å²) in [4.78, 5) is 13.4. The zero-order chi connectivity index (χ0) is 12.2. The third-order valence-electron chi connectivity index (χ3n) is 2.78. The van der Waals surface area contributed by atoms with Crippen molar-refractivity contribution in [3.05, 3.63) is 0 Å². The average Bonchev–Trinajstić information content (AvgIpc) is 2.99. The molecular weight excluding hydrogens is 202 g/mol. The molecule has 0 heterocycles. The molecule has 0 unspecified atom stereocenters. The first-order chi connectivity index (χ1) is 7.43. The van der Waals surface area contributed by atoms with Gasteiger partial charge in [-0.1, -0.05) is 0 Å². The molecule has 90 valence electrons. The molecule has 0 radical (unpaired) electrons. The minimum absolute atomic E-state index is 0.0970. The molecule has 1 amide bonds. The van der Waals surface area contributed by atoms with Crippen LogP contribution in [0, 0.1) is 16.7 Å². The van der Waals surface area contributed by atoms with Crippen molar-refractivity contribution in [1.29, 1.82) is 5.26 Å². The van der Waals surface area contributed by atoms with Crippen LogP contribution < -0.4 is 5.32 Å². The van der Waals surface area contributed by atoms with Crippen molar-refractivity contribution in [3.8, 4) is 6.07 Å². The maximum Gasteiger partial charge on any atom is 0.234 e. The smallest absolute Gasteiger partial charge is 0.234 e. The summed E-state index contributed by atoms with van der Waals surface area (Å²) in [6.07, 6.45) is 3.03. The standard InChI is InChI=1S/C12H21N3O/c1-12(2,9-13)6-7-15(3)8-11(16)14-10-4-5-10/h10H,4-8H2,1-3H3,(H,14,16). The van der Waals surface area contributed by atoms with Gasteiger partial charge >= 0.3 is 0 Å². The molecule has 1 aliphatic rings. The first kappa shape index (κ1) is 13.0. The summed E-state index contributed by atoms with van der Waals surface area (Å²) in [6, 6.07) is 2.69. The number of amides is 1. The molecule has 0 bridgehead atoms. The summed E-state index contributed by atoms with van der Waals surface area (Å²) in [7, 11) is 1.92. The molecule has 1 aliphatic carbocycles. The van der Waals surface area contributed by atoms with Gasteiger partial charge in [0.25, 0.3) is 0 Å². The minimum atomic E-state index is -0.304. The lowest BCUT2D eigenvalue weighted by Gasteiger charge is -2.21. The van der Waals surface area contributed by atoms with Crippen LogP contribution in [-0.2, 0) is 4.79 Å². The molecule has 0 aliphatic heterocycles. The molecule has 0 aromatic rings. The number of nitrogens with one attached hydrogen (secondary N) is 1. The van der Waals surface area contributed by atoms with E-state index in [0.717, 1.165) is 25.8 Å². The normalized spacial score (nSPS) is 15.9. The summed E-state index contributed by atoms with van der Waals surface area (Å²) >= 11 is 0. The Morgan fingerprint density at radius 3 is 2.69 bits per heavy atom. The number of likely N-dealkylation sites (N-methyl/N-ethyl adjacent to an activating group) is 1. The number of hydrogen-bond acceptors (Lipinski definition) is 3. The lowest BCUT2D eigenvalue weighted by molar-refractivity contribution is -0.122. The highest BCUT2D eigenvalue weighted by Gasteiger charge is 2.24. The van der Waals surface area contributed by atoms with Crippen molar-refractivity contribution in [3.63, 3.8) is 0 Å². The van der Waals surface area contributed by atoms with Gasteiger partial charge in [-0.25, -0.2) is 0 Å². The van der Waals surface area contributed by atoms with Crippen molar-refractivity contribution in [2.75, 3.05) is 20.1 Å². The predicted octanol–water partition coefficient (Wildman–Crippen LogP) is 1.14. The number of carbonyl (C=O) groups is 1. The lowest BCUT2D eigenvalue weighted by atomic mass is 9.91. The Labute approximate surface area is 97.6 Å². The lowest BCUT2D eigenvalue weighted by Crippen LogP contribution is -2.37. The summed E-state index contributed by atoms with van der Waals surface area (Å²) in [5.74, 6) is 0.0970. The largest absolute Gasteiger partial charge is 0.352 e. The average molecular weight is 223 g/mol. The van der Waals surface area contributed by atoms with Crippen molar-refractivity contribution >= 4 is 5.91 Å². The summed E-state index contributed by atoms with van der Waals surface area (Å²) in [5, 5.41) is 11.8. The summed E-state index contributed by atoms with van der Waals surface area (Å²) in [5.41, 5.74) is -0.304. The fourth-order valence-electron chi connectivity index (χ4n) is 1.35. The topological polar surface area (TPSA) is 56.1 Å². The molecule has 4 heteroatoms. The van der Waals surface area contributed by atoms with Gasteiger partial charge in [-0.05, 0) is 46.7 Å². The van der Waals surface area contributed by atoms with Crippen molar-refractivity contribution < 1.29 is 4.79 Å². The van der Waals surface area contributed by atoms with Crippen LogP contribution in [0.15, 0.2) is 0 Å². The molecule has 1 fully saturated rings. The Hall–Kier alpha value is -1.08. The highest BCUT2D eigenvalue weighted by Crippen LogP contribution is 2.19. The van der Waals surface area contributed by atoms with Crippen LogP contribution >= 0.6 is 0 Å². The molecule has 1 N–H and O–H groups in total. The highest BCUT2D eigenvalue weighted by molar-refractivity contribution is 5.78. The SMILES string of the molecule is CN(CCC(C)(C)C#N)CC(=O)NC1CC1. The van der Waals surface area contributed by atoms with Crippen LogP contribution in [0.25, 0.3) is 0 Å². The van der Waals surface area contributed by atoms with E-state index in [1.165, 1.54) is 0 Å². The second-order valence-electron chi connectivity index (χ2n) is 5.33. The van der Waals surface area contributed by atoms with Crippen LogP contribution in [-0.4, -0.2) is 37.0 Å². The van der Waals surface area contributed by atoms with Gasteiger partial charge in [0.15, 0.2) is 0 Å².